The molecule has 1 aliphatic rings. The zero-order valence-electron chi connectivity index (χ0n) is 20.0. The maximum absolute atomic E-state index is 6.09. The SMILES string of the molecule is COc1cnc2c(c1)c(/C=C/C1NCCc3cc(OCc4cccnc4)c(OC)cc31)cn2C.Cl. The van der Waals surface area contributed by atoms with Crippen molar-refractivity contribution in [1.82, 2.24) is 19.9 Å². The lowest BCUT2D eigenvalue weighted by Gasteiger charge is -2.26. The Morgan fingerprint density at radius 1 is 1.14 bits per heavy atom. The van der Waals surface area contributed by atoms with Crippen molar-refractivity contribution in [2.24, 2.45) is 7.05 Å². The second kappa shape index (κ2) is 10.8. The van der Waals surface area contributed by atoms with Gasteiger partial charge in [0.2, 0.25) is 0 Å². The molecular formula is C27H29ClN4O3. The molecule has 1 aliphatic heterocycles. The molecule has 0 bridgehead atoms. The molecule has 182 valence electrons. The van der Waals surface area contributed by atoms with Crippen LogP contribution in [0.3, 0.4) is 0 Å². The fourth-order valence-corrected chi connectivity index (χ4v) is 4.40. The van der Waals surface area contributed by atoms with Crippen LogP contribution in [-0.4, -0.2) is 35.3 Å². The highest BCUT2D eigenvalue weighted by atomic mass is 35.5. The summed E-state index contributed by atoms with van der Waals surface area (Å²) in [4.78, 5) is 8.68. The van der Waals surface area contributed by atoms with Gasteiger partial charge in [0.25, 0.3) is 0 Å². The van der Waals surface area contributed by atoms with E-state index in [0.29, 0.717) is 6.61 Å². The first-order chi connectivity index (χ1) is 16.7. The van der Waals surface area contributed by atoms with Gasteiger partial charge in [0.05, 0.1) is 26.5 Å². The summed E-state index contributed by atoms with van der Waals surface area (Å²) in [6.07, 6.45) is 12.7. The van der Waals surface area contributed by atoms with Gasteiger partial charge in [-0.05, 0) is 41.8 Å². The monoisotopic (exact) mass is 492 g/mol. The van der Waals surface area contributed by atoms with Crippen LogP contribution in [-0.2, 0) is 20.1 Å². The van der Waals surface area contributed by atoms with Crippen LogP contribution in [0.5, 0.6) is 17.2 Å². The van der Waals surface area contributed by atoms with Gasteiger partial charge < -0.3 is 24.1 Å². The molecule has 35 heavy (non-hydrogen) atoms. The summed E-state index contributed by atoms with van der Waals surface area (Å²) >= 11 is 0. The number of aromatic nitrogens is 3. The molecule has 0 saturated heterocycles. The van der Waals surface area contributed by atoms with E-state index >= 15 is 0 Å². The number of fused-ring (bicyclic) bond motifs is 2. The average Bonchev–Trinajstić information content (AvgIpc) is 3.20. The van der Waals surface area contributed by atoms with Crippen molar-refractivity contribution >= 4 is 29.5 Å². The van der Waals surface area contributed by atoms with Crippen molar-refractivity contribution in [3.8, 4) is 17.2 Å². The third kappa shape index (κ3) is 5.11. The minimum absolute atomic E-state index is 0. The molecule has 1 atom stereocenters. The topological polar surface area (TPSA) is 70.4 Å². The molecule has 4 heterocycles. The van der Waals surface area contributed by atoms with E-state index < -0.39 is 0 Å². The number of nitrogens with one attached hydrogen (secondary N) is 1. The zero-order valence-corrected chi connectivity index (χ0v) is 20.8. The number of rotatable bonds is 7. The van der Waals surface area contributed by atoms with Crippen LogP contribution in [0, 0.1) is 0 Å². The number of ether oxygens (including phenoxy) is 3. The number of nitrogens with zero attached hydrogens (tertiary/aromatic N) is 3. The molecule has 1 N–H and O–H groups in total. The lowest BCUT2D eigenvalue weighted by molar-refractivity contribution is 0.283. The molecule has 0 radical (unpaired) electrons. The van der Waals surface area contributed by atoms with Gasteiger partial charge in [-0.3, -0.25) is 4.98 Å². The minimum Gasteiger partial charge on any atom is -0.495 e. The van der Waals surface area contributed by atoms with Gasteiger partial charge in [-0.25, -0.2) is 4.98 Å². The van der Waals surface area contributed by atoms with Crippen LogP contribution in [0.1, 0.15) is 28.3 Å². The summed E-state index contributed by atoms with van der Waals surface area (Å²) in [6.45, 7) is 1.34. The summed E-state index contributed by atoms with van der Waals surface area (Å²) in [5, 5.41) is 4.67. The van der Waals surface area contributed by atoms with E-state index in [2.05, 4.69) is 45.8 Å². The van der Waals surface area contributed by atoms with E-state index in [-0.39, 0.29) is 18.4 Å². The van der Waals surface area contributed by atoms with E-state index in [9.17, 15) is 0 Å². The van der Waals surface area contributed by atoms with Crippen LogP contribution in [0.15, 0.2) is 61.2 Å². The smallest absolute Gasteiger partial charge is 0.161 e. The van der Waals surface area contributed by atoms with E-state index in [4.69, 9.17) is 14.2 Å². The number of hydrogen-bond donors (Lipinski definition) is 1. The second-order valence-electron chi connectivity index (χ2n) is 8.33. The second-order valence-corrected chi connectivity index (χ2v) is 8.33. The van der Waals surface area contributed by atoms with E-state index in [1.165, 1.54) is 11.1 Å². The maximum Gasteiger partial charge on any atom is 0.161 e. The average molecular weight is 493 g/mol. The fourth-order valence-electron chi connectivity index (χ4n) is 4.40. The first-order valence-electron chi connectivity index (χ1n) is 11.3. The highest BCUT2D eigenvalue weighted by molar-refractivity contribution is 5.88. The van der Waals surface area contributed by atoms with Gasteiger partial charge in [0.15, 0.2) is 11.5 Å². The molecular weight excluding hydrogens is 464 g/mol. The van der Waals surface area contributed by atoms with Crippen LogP contribution >= 0.6 is 12.4 Å². The Labute approximate surface area is 211 Å². The number of benzene rings is 1. The fraction of sp³-hybridized carbons (Fsp3) is 0.259. The molecule has 1 unspecified atom stereocenters. The van der Waals surface area contributed by atoms with E-state index in [1.54, 1.807) is 26.6 Å². The van der Waals surface area contributed by atoms with Crippen LogP contribution < -0.4 is 19.5 Å². The third-order valence-electron chi connectivity index (χ3n) is 6.16. The minimum atomic E-state index is 0. The molecule has 0 spiro atoms. The van der Waals surface area contributed by atoms with Crippen molar-refractivity contribution in [2.45, 2.75) is 19.1 Å². The Morgan fingerprint density at radius 2 is 2.03 bits per heavy atom. The van der Waals surface area contributed by atoms with Gasteiger partial charge in [0.1, 0.15) is 18.0 Å². The first-order valence-corrected chi connectivity index (χ1v) is 11.3. The Balaban J connectivity index is 0.00000289. The van der Waals surface area contributed by atoms with Gasteiger partial charge in [-0.15, -0.1) is 12.4 Å². The number of aryl methyl sites for hydroxylation is 1. The number of methoxy groups -OCH3 is 2. The predicted octanol–water partition coefficient (Wildman–Crippen LogP) is 4.89. The molecule has 1 aromatic carbocycles. The zero-order chi connectivity index (χ0) is 23.5. The number of pyridine rings is 2. The van der Waals surface area contributed by atoms with Gasteiger partial charge in [-0.2, -0.15) is 0 Å². The molecule has 8 heteroatoms. The Kier molecular flexibility index (Phi) is 7.58. The van der Waals surface area contributed by atoms with Crippen molar-refractivity contribution in [3.05, 3.63) is 83.4 Å². The van der Waals surface area contributed by atoms with Crippen molar-refractivity contribution in [2.75, 3.05) is 20.8 Å². The summed E-state index contributed by atoms with van der Waals surface area (Å²) < 4.78 is 19.2. The third-order valence-corrected chi connectivity index (χ3v) is 6.16. The Morgan fingerprint density at radius 3 is 2.80 bits per heavy atom. The number of hydrogen-bond acceptors (Lipinski definition) is 6. The summed E-state index contributed by atoms with van der Waals surface area (Å²) in [5.74, 6) is 2.23. The molecule has 0 aliphatic carbocycles. The lowest BCUT2D eigenvalue weighted by atomic mass is 9.93. The van der Waals surface area contributed by atoms with Crippen LogP contribution in [0.2, 0.25) is 0 Å². The molecule has 0 amide bonds. The summed E-state index contributed by atoms with van der Waals surface area (Å²) in [7, 11) is 5.34. The molecule has 3 aromatic heterocycles. The highest BCUT2D eigenvalue weighted by Crippen LogP contribution is 2.36. The van der Waals surface area contributed by atoms with Gasteiger partial charge >= 0.3 is 0 Å². The summed E-state index contributed by atoms with van der Waals surface area (Å²) in [6, 6.07) is 10.2. The van der Waals surface area contributed by atoms with Crippen molar-refractivity contribution < 1.29 is 14.2 Å². The van der Waals surface area contributed by atoms with Crippen LogP contribution in [0.4, 0.5) is 0 Å². The Hall–Kier alpha value is -3.55. The van der Waals surface area contributed by atoms with E-state index in [0.717, 1.165) is 52.4 Å². The van der Waals surface area contributed by atoms with Crippen LogP contribution in [0.25, 0.3) is 17.1 Å². The van der Waals surface area contributed by atoms with Gasteiger partial charge in [-0.1, -0.05) is 18.2 Å². The van der Waals surface area contributed by atoms with Gasteiger partial charge in [0, 0.05) is 48.7 Å². The largest absolute Gasteiger partial charge is 0.495 e. The normalized spacial score (nSPS) is 15.0. The Bertz CT molecular complexity index is 1340. The van der Waals surface area contributed by atoms with Crippen molar-refractivity contribution in [1.29, 1.82) is 0 Å². The predicted molar refractivity (Wildman–Crippen MR) is 140 cm³/mol. The highest BCUT2D eigenvalue weighted by Gasteiger charge is 2.21. The van der Waals surface area contributed by atoms with E-state index in [1.807, 2.05) is 36.0 Å². The molecule has 0 saturated carbocycles. The summed E-state index contributed by atoms with van der Waals surface area (Å²) in [5.41, 5.74) is 5.50. The maximum atomic E-state index is 6.09. The first kappa shape index (κ1) is 24.6. The standard InChI is InChI=1S/C27H28N4O3.ClH/c1-31-16-20(23-12-21(32-2)15-30-27(23)31)6-7-24-22-13-25(33-3)26(11-19(22)8-10-29-24)34-17-18-5-4-9-28-14-18;/h4-7,9,11-16,24,29H,8,10,17H2,1-3H3;1H/b7-6+;. The lowest BCUT2D eigenvalue weighted by Crippen LogP contribution is -2.28. The van der Waals surface area contributed by atoms with Crippen molar-refractivity contribution in [3.63, 3.8) is 0 Å². The molecule has 4 aromatic rings. The quantitative estimate of drug-likeness (QED) is 0.396. The molecule has 7 nitrogen and oxygen atoms in total. The molecule has 5 rings (SSSR count). The number of halogens is 1. The molecule has 0 fully saturated rings.